The van der Waals surface area contributed by atoms with E-state index in [1.165, 1.54) is 0 Å². The van der Waals surface area contributed by atoms with E-state index in [4.69, 9.17) is 9.47 Å². The van der Waals surface area contributed by atoms with E-state index in [1.54, 1.807) is 35.2 Å². The molecule has 3 aromatic carbocycles. The number of carbonyl (C=O) groups is 2. The van der Waals surface area contributed by atoms with Gasteiger partial charge in [0.05, 0.1) is 18.7 Å². The number of aryl methyl sites for hydroxylation is 2. The fourth-order valence-electron chi connectivity index (χ4n) is 4.60. The number of hydrogen-bond acceptors (Lipinski definition) is 5. The van der Waals surface area contributed by atoms with Crippen molar-refractivity contribution in [1.29, 1.82) is 0 Å². The Bertz CT molecular complexity index is 1320. The van der Waals surface area contributed by atoms with Gasteiger partial charge >= 0.3 is 0 Å². The first kappa shape index (κ1) is 22.6. The van der Waals surface area contributed by atoms with Gasteiger partial charge in [-0.15, -0.1) is 0 Å². The normalized spacial score (nSPS) is 18.7. The molecule has 0 aliphatic carbocycles. The van der Waals surface area contributed by atoms with Gasteiger partial charge in [-0.3, -0.25) is 9.59 Å². The van der Waals surface area contributed by atoms with E-state index in [1.807, 2.05) is 32.0 Å². The van der Waals surface area contributed by atoms with Crippen LogP contribution in [0.4, 0.5) is 5.69 Å². The minimum atomic E-state index is -1.97. The largest absolute Gasteiger partial charge is 0.486 e. The van der Waals surface area contributed by atoms with Crippen LogP contribution >= 0.6 is 15.9 Å². The number of ether oxygens (including phenoxy) is 2. The number of Topliss-reactive ketones (excluding diaryl/α,β-unsaturated/α-hetero) is 1. The lowest BCUT2D eigenvalue weighted by Gasteiger charge is -2.24. The molecule has 0 aromatic heterocycles. The Kier molecular flexibility index (Phi) is 5.70. The van der Waals surface area contributed by atoms with Gasteiger partial charge in [0, 0.05) is 15.6 Å². The maximum absolute atomic E-state index is 13.6. The molecular weight excluding hydrogens is 498 g/mol. The minimum absolute atomic E-state index is 0.306. The third-order valence-corrected chi connectivity index (χ3v) is 6.89. The number of carbonyl (C=O) groups excluding carboxylic acids is 2. The highest BCUT2D eigenvalue weighted by molar-refractivity contribution is 9.10. The van der Waals surface area contributed by atoms with Crippen LogP contribution in [0, 0.1) is 13.8 Å². The lowest BCUT2D eigenvalue weighted by atomic mass is 9.88. The smallest absolute Gasteiger partial charge is 0.264 e. The molecular formula is C27H24BrNO5. The molecule has 174 valence electrons. The summed E-state index contributed by atoms with van der Waals surface area (Å²) in [6.45, 7) is 5.19. The Morgan fingerprint density at radius 1 is 1.03 bits per heavy atom. The van der Waals surface area contributed by atoms with Crippen molar-refractivity contribution in [3.8, 4) is 11.5 Å². The highest BCUT2D eigenvalue weighted by Gasteiger charge is 2.51. The highest BCUT2D eigenvalue weighted by Crippen LogP contribution is 2.45. The van der Waals surface area contributed by atoms with Crippen LogP contribution in [0.2, 0.25) is 0 Å². The molecule has 1 atom stereocenters. The fourth-order valence-corrected chi connectivity index (χ4v) is 4.96. The van der Waals surface area contributed by atoms with Crippen LogP contribution in [0.1, 0.15) is 39.0 Å². The van der Waals surface area contributed by atoms with Gasteiger partial charge in [0.15, 0.2) is 22.9 Å². The van der Waals surface area contributed by atoms with Crippen LogP contribution < -0.4 is 14.4 Å². The highest BCUT2D eigenvalue weighted by atomic mass is 79.9. The van der Waals surface area contributed by atoms with Crippen molar-refractivity contribution in [1.82, 2.24) is 0 Å². The van der Waals surface area contributed by atoms with E-state index in [9.17, 15) is 14.7 Å². The number of rotatable bonds is 5. The topological polar surface area (TPSA) is 76.1 Å². The summed E-state index contributed by atoms with van der Waals surface area (Å²) in [4.78, 5) is 28.5. The van der Waals surface area contributed by atoms with Crippen molar-refractivity contribution in [2.24, 2.45) is 0 Å². The van der Waals surface area contributed by atoms with Crippen molar-refractivity contribution in [3.63, 3.8) is 0 Å². The lowest BCUT2D eigenvalue weighted by molar-refractivity contribution is -0.136. The number of benzene rings is 3. The van der Waals surface area contributed by atoms with Gasteiger partial charge in [0.2, 0.25) is 0 Å². The molecule has 0 saturated carbocycles. The second kappa shape index (κ2) is 8.56. The molecule has 0 fully saturated rings. The molecule has 1 N–H and O–H groups in total. The Balaban J connectivity index is 1.48. The van der Waals surface area contributed by atoms with E-state index in [2.05, 4.69) is 22.0 Å². The van der Waals surface area contributed by atoms with E-state index in [0.717, 1.165) is 21.2 Å². The zero-order chi connectivity index (χ0) is 24.0. The standard InChI is InChI=1S/C27H24BrNO5/c1-16-3-4-19(17(2)11-16)15-29-22-7-6-20(28)13-21(22)27(32,26(29)31)14-23(30)18-5-8-24-25(12-18)34-10-9-33-24/h3-8,11-13,32H,9-10,14-15H2,1-2H3. The Labute approximate surface area is 206 Å². The summed E-state index contributed by atoms with van der Waals surface area (Å²) in [5.74, 6) is 0.201. The minimum Gasteiger partial charge on any atom is -0.486 e. The van der Waals surface area contributed by atoms with Crippen molar-refractivity contribution in [2.75, 3.05) is 18.1 Å². The van der Waals surface area contributed by atoms with E-state index in [-0.39, 0.29) is 12.2 Å². The molecule has 1 amide bonds. The van der Waals surface area contributed by atoms with Crippen molar-refractivity contribution < 1.29 is 24.2 Å². The fraction of sp³-hybridized carbons (Fsp3) is 0.259. The summed E-state index contributed by atoms with van der Waals surface area (Å²) >= 11 is 3.44. The molecule has 0 radical (unpaired) electrons. The lowest BCUT2D eigenvalue weighted by Crippen LogP contribution is -2.41. The van der Waals surface area contributed by atoms with Gasteiger partial charge in [0.1, 0.15) is 13.2 Å². The molecule has 3 aromatic rings. The quantitative estimate of drug-likeness (QED) is 0.486. The first-order valence-electron chi connectivity index (χ1n) is 11.1. The van der Waals surface area contributed by atoms with Crippen LogP contribution in [0.5, 0.6) is 11.5 Å². The first-order valence-corrected chi connectivity index (χ1v) is 11.9. The number of amides is 1. The number of nitrogens with zero attached hydrogens (tertiary/aromatic N) is 1. The van der Waals surface area contributed by atoms with Gasteiger partial charge in [-0.2, -0.15) is 0 Å². The third-order valence-electron chi connectivity index (χ3n) is 6.40. The van der Waals surface area contributed by atoms with Gasteiger partial charge in [-0.25, -0.2) is 0 Å². The van der Waals surface area contributed by atoms with Gasteiger partial charge in [-0.1, -0.05) is 39.7 Å². The zero-order valence-corrected chi connectivity index (χ0v) is 20.5. The Morgan fingerprint density at radius 2 is 1.79 bits per heavy atom. The number of fused-ring (bicyclic) bond motifs is 2. The summed E-state index contributed by atoms with van der Waals surface area (Å²) in [6, 6.07) is 16.3. The third kappa shape index (κ3) is 3.89. The second-order valence-corrected chi connectivity index (χ2v) is 9.72. The number of aliphatic hydroxyl groups is 1. The molecule has 0 saturated heterocycles. The van der Waals surface area contributed by atoms with Crippen molar-refractivity contribution >= 4 is 33.3 Å². The molecule has 0 bridgehead atoms. The van der Waals surface area contributed by atoms with Gasteiger partial charge in [-0.05, 0) is 61.4 Å². The van der Waals surface area contributed by atoms with Gasteiger partial charge in [0.25, 0.3) is 5.91 Å². The van der Waals surface area contributed by atoms with Crippen LogP contribution in [-0.4, -0.2) is 30.0 Å². The summed E-state index contributed by atoms with van der Waals surface area (Å²) in [5.41, 5.74) is 2.59. The van der Waals surface area contributed by atoms with E-state index in [0.29, 0.717) is 48.1 Å². The summed E-state index contributed by atoms with van der Waals surface area (Å²) in [7, 11) is 0. The summed E-state index contributed by atoms with van der Waals surface area (Å²) in [6.07, 6.45) is -0.377. The monoisotopic (exact) mass is 521 g/mol. The zero-order valence-electron chi connectivity index (χ0n) is 18.9. The van der Waals surface area contributed by atoms with E-state index < -0.39 is 11.5 Å². The molecule has 2 heterocycles. The van der Waals surface area contributed by atoms with Crippen molar-refractivity contribution in [2.45, 2.75) is 32.4 Å². The molecule has 7 heteroatoms. The molecule has 0 spiro atoms. The van der Waals surface area contributed by atoms with Crippen molar-refractivity contribution in [3.05, 3.63) is 86.9 Å². The number of anilines is 1. The SMILES string of the molecule is Cc1ccc(CN2C(=O)C(O)(CC(=O)c3ccc4c(c3)OCCO4)c3cc(Br)ccc32)c(C)c1. The average Bonchev–Trinajstić information content (AvgIpc) is 3.01. The Morgan fingerprint density at radius 3 is 2.56 bits per heavy atom. The number of ketones is 1. The van der Waals surface area contributed by atoms with Crippen LogP contribution in [0.3, 0.4) is 0 Å². The van der Waals surface area contributed by atoms with Crippen LogP contribution in [-0.2, 0) is 16.9 Å². The average molecular weight is 522 g/mol. The Hall–Kier alpha value is -3.16. The summed E-state index contributed by atoms with van der Waals surface area (Å²) < 4.78 is 11.8. The molecule has 6 nitrogen and oxygen atoms in total. The predicted octanol–water partition coefficient (Wildman–Crippen LogP) is 4.84. The van der Waals surface area contributed by atoms with Crippen LogP contribution in [0.25, 0.3) is 0 Å². The molecule has 34 heavy (non-hydrogen) atoms. The second-order valence-electron chi connectivity index (χ2n) is 8.80. The van der Waals surface area contributed by atoms with E-state index >= 15 is 0 Å². The van der Waals surface area contributed by atoms with Crippen LogP contribution in [0.15, 0.2) is 59.1 Å². The maximum Gasteiger partial charge on any atom is 0.264 e. The number of halogens is 1. The predicted molar refractivity (Wildman–Crippen MR) is 132 cm³/mol. The molecule has 2 aliphatic heterocycles. The molecule has 1 unspecified atom stereocenters. The molecule has 5 rings (SSSR count). The first-order chi connectivity index (χ1) is 16.3. The number of hydrogen-bond donors (Lipinski definition) is 1. The maximum atomic E-state index is 13.6. The summed E-state index contributed by atoms with van der Waals surface area (Å²) in [5, 5.41) is 11.7. The molecule has 2 aliphatic rings. The van der Waals surface area contributed by atoms with Gasteiger partial charge < -0.3 is 19.5 Å².